The van der Waals surface area contributed by atoms with Gasteiger partial charge in [-0.1, -0.05) is 12.1 Å². The Morgan fingerprint density at radius 2 is 1.92 bits per heavy atom. The maximum atomic E-state index is 12.9. The second-order valence-corrected chi connectivity index (χ2v) is 5.85. The summed E-state index contributed by atoms with van der Waals surface area (Å²) in [6, 6.07) is 14.5. The number of nitrogens with zero attached hydrogens (tertiary/aromatic N) is 1. The Morgan fingerprint density at radius 1 is 1.19 bits per heavy atom. The molecular weight excluding hydrogens is 336 g/mol. The lowest BCUT2D eigenvalue weighted by atomic mass is 10.1. The Bertz CT molecular complexity index is 791. The van der Waals surface area contributed by atoms with Crippen LogP contribution in [-0.2, 0) is 9.53 Å². The van der Waals surface area contributed by atoms with Crippen molar-refractivity contribution >= 4 is 23.3 Å². The van der Waals surface area contributed by atoms with E-state index < -0.39 is 12.1 Å². The number of nitrogens with one attached hydrogen (secondary N) is 1. The van der Waals surface area contributed by atoms with Crippen molar-refractivity contribution in [2.45, 2.75) is 6.10 Å². The van der Waals surface area contributed by atoms with Crippen LogP contribution in [0.15, 0.2) is 48.5 Å². The molecule has 1 aliphatic rings. The third-order valence-electron chi connectivity index (χ3n) is 4.16. The molecule has 1 atom stereocenters. The fourth-order valence-electron chi connectivity index (χ4n) is 2.76. The van der Waals surface area contributed by atoms with Gasteiger partial charge in [0.1, 0.15) is 5.75 Å². The van der Waals surface area contributed by atoms with Gasteiger partial charge in [-0.3, -0.25) is 4.79 Å². The largest absolute Gasteiger partial charge is 0.497 e. The van der Waals surface area contributed by atoms with Gasteiger partial charge < -0.3 is 24.8 Å². The smallest absolute Gasteiger partial charge is 0.334 e. The highest BCUT2D eigenvalue weighted by atomic mass is 16.5. The number of carbonyl (C=O) groups excluding carboxylic acids is 1. The van der Waals surface area contributed by atoms with Gasteiger partial charge in [-0.25, -0.2) is 4.79 Å². The molecule has 7 heteroatoms. The molecule has 0 spiro atoms. The second-order valence-electron chi connectivity index (χ2n) is 5.85. The molecule has 1 aliphatic heterocycles. The number of benzene rings is 2. The predicted molar refractivity (Wildman–Crippen MR) is 96.0 cm³/mol. The lowest BCUT2D eigenvalue weighted by Crippen LogP contribution is -2.48. The topological polar surface area (TPSA) is 88.1 Å². The molecule has 7 nitrogen and oxygen atoms in total. The lowest BCUT2D eigenvalue weighted by molar-refractivity contribution is -0.154. The van der Waals surface area contributed by atoms with Crippen molar-refractivity contribution in [2.24, 2.45) is 0 Å². The van der Waals surface area contributed by atoms with Crippen LogP contribution in [0.3, 0.4) is 0 Å². The van der Waals surface area contributed by atoms with Gasteiger partial charge in [0.05, 0.1) is 31.5 Å². The number of para-hydroxylation sites is 1. The standard InChI is InChI=1S/C19H20N2O5/c1-25-14-8-6-13(7-9-14)20-16-5-3-2-4-15(16)18(22)21-10-11-26-17(12-21)19(23)24/h2-9,17,20H,10-12H2,1H3,(H,23,24). The molecule has 1 unspecified atom stereocenters. The number of carbonyl (C=O) groups is 2. The number of methoxy groups -OCH3 is 1. The SMILES string of the molecule is COc1ccc(Nc2ccccc2C(=O)N2CCOC(C(=O)O)C2)cc1. The van der Waals surface area contributed by atoms with Crippen LogP contribution in [0.5, 0.6) is 5.75 Å². The maximum Gasteiger partial charge on any atom is 0.334 e. The molecule has 0 bridgehead atoms. The molecule has 2 aromatic rings. The maximum absolute atomic E-state index is 12.9. The minimum Gasteiger partial charge on any atom is -0.497 e. The van der Waals surface area contributed by atoms with Crippen LogP contribution in [-0.4, -0.2) is 54.8 Å². The fraction of sp³-hybridized carbons (Fsp3) is 0.263. The van der Waals surface area contributed by atoms with Gasteiger partial charge in [-0.05, 0) is 36.4 Å². The highest BCUT2D eigenvalue weighted by molar-refractivity contribution is 6.00. The van der Waals surface area contributed by atoms with Gasteiger partial charge >= 0.3 is 5.97 Å². The first-order valence-corrected chi connectivity index (χ1v) is 8.22. The summed E-state index contributed by atoms with van der Waals surface area (Å²) in [5, 5.41) is 12.3. The van der Waals surface area contributed by atoms with Crippen LogP contribution in [0.4, 0.5) is 11.4 Å². The van der Waals surface area contributed by atoms with E-state index in [0.717, 1.165) is 11.4 Å². The molecule has 0 aromatic heterocycles. The van der Waals surface area contributed by atoms with E-state index in [4.69, 9.17) is 14.6 Å². The highest BCUT2D eigenvalue weighted by Crippen LogP contribution is 2.24. The zero-order valence-electron chi connectivity index (χ0n) is 14.3. The van der Waals surface area contributed by atoms with Crippen LogP contribution >= 0.6 is 0 Å². The first-order valence-electron chi connectivity index (χ1n) is 8.22. The van der Waals surface area contributed by atoms with Crippen LogP contribution in [0.2, 0.25) is 0 Å². The van der Waals surface area contributed by atoms with Crippen LogP contribution in [0.1, 0.15) is 10.4 Å². The number of morpholine rings is 1. The summed E-state index contributed by atoms with van der Waals surface area (Å²) in [5.41, 5.74) is 1.95. The Hall–Kier alpha value is -3.06. The average molecular weight is 356 g/mol. The van der Waals surface area contributed by atoms with Crippen molar-refractivity contribution in [3.8, 4) is 5.75 Å². The Morgan fingerprint density at radius 3 is 2.62 bits per heavy atom. The van der Waals surface area contributed by atoms with E-state index in [2.05, 4.69) is 5.32 Å². The zero-order chi connectivity index (χ0) is 18.5. The van der Waals surface area contributed by atoms with Crippen molar-refractivity contribution in [1.29, 1.82) is 0 Å². The minimum absolute atomic E-state index is 0.0328. The van der Waals surface area contributed by atoms with Crippen molar-refractivity contribution in [2.75, 3.05) is 32.1 Å². The number of anilines is 2. The predicted octanol–water partition coefficient (Wildman–Crippen LogP) is 2.36. The van der Waals surface area contributed by atoms with E-state index in [1.807, 2.05) is 36.4 Å². The molecular formula is C19H20N2O5. The summed E-state index contributed by atoms with van der Waals surface area (Å²) in [4.78, 5) is 25.5. The lowest BCUT2D eigenvalue weighted by Gasteiger charge is -2.31. The molecule has 2 aromatic carbocycles. The van der Waals surface area contributed by atoms with E-state index in [-0.39, 0.29) is 19.1 Å². The van der Waals surface area contributed by atoms with Gasteiger partial charge in [-0.2, -0.15) is 0 Å². The van der Waals surface area contributed by atoms with Crippen molar-refractivity contribution in [3.63, 3.8) is 0 Å². The molecule has 136 valence electrons. The number of carboxylic acids is 1. The summed E-state index contributed by atoms with van der Waals surface area (Å²) in [6.45, 7) is 0.599. The third kappa shape index (κ3) is 3.94. The van der Waals surface area contributed by atoms with Crippen molar-refractivity contribution in [1.82, 2.24) is 4.90 Å². The molecule has 0 radical (unpaired) electrons. The summed E-state index contributed by atoms with van der Waals surface area (Å²) < 4.78 is 10.3. The molecule has 1 heterocycles. The molecule has 2 N–H and O–H groups in total. The Labute approximate surface area is 151 Å². The summed E-state index contributed by atoms with van der Waals surface area (Å²) in [6.07, 6.45) is -0.991. The Kier molecular flexibility index (Phi) is 5.38. The van der Waals surface area contributed by atoms with Crippen molar-refractivity contribution in [3.05, 3.63) is 54.1 Å². The normalized spacial score (nSPS) is 16.8. The van der Waals surface area contributed by atoms with E-state index in [0.29, 0.717) is 17.8 Å². The monoisotopic (exact) mass is 356 g/mol. The number of ether oxygens (including phenoxy) is 2. The first kappa shape index (κ1) is 17.8. The number of carboxylic acid groups (broad SMARTS) is 1. The zero-order valence-corrected chi connectivity index (χ0v) is 14.3. The number of rotatable bonds is 5. The summed E-state index contributed by atoms with van der Waals surface area (Å²) in [7, 11) is 1.60. The van der Waals surface area contributed by atoms with Gasteiger partial charge in [0.2, 0.25) is 0 Å². The van der Waals surface area contributed by atoms with Crippen LogP contribution in [0.25, 0.3) is 0 Å². The highest BCUT2D eigenvalue weighted by Gasteiger charge is 2.30. The molecule has 1 amide bonds. The van der Waals surface area contributed by atoms with E-state index in [1.54, 1.807) is 19.2 Å². The molecule has 1 saturated heterocycles. The molecule has 0 saturated carbocycles. The van der Waals surface area contributed by atoms with Gasteiger partial charge in [0.25, 0.3) is 5.91 Å². The van der Waals surface area contributed by atoms with Gasteiger partial charge in [0.15, 0.2) is 6.10 Å². The fourth-order valence-corrected chi connectivity index (χ4v) is 2.76. The minimum atomic E-state index is -1.06. The summed E-state index contributed by atoms with van der Waals surface area (Å²) in [5.74, 6) is -0.545. The summed E-state index contributed by atoms with van der Waals surface area (Å²) >= 11 is 0. The molecule has 26 heavy (non-hydrogen) atoms. The van der Waals surface area contributed by atoms with Crippen LogP contribution in [0, 0.1) is 0 Å². The van der Waals surface area contributed by atoms with Crippen molar-refractivity contribution < 1.29 is 24.2 Å². The number of hydrogen-bond donors (Lipinski definition) is 2. The molecule has 0 aliphatic carbocycles. The Balaban J connectivity index is 1.79. The van der Waals surface area contributed by atoms with E-state index in [9.17, 15) is 9.59 Å². The number of aliphatic carboxylic acids is 1. The van der Waals surface area contributed by atoms with Gasteiger partial charge in [-0.15, -0.1) is 0 Å². The van der Waals surface area contributed by atoms with Crippen LogP contribution < -0.4 is 10.1 Å². The third-order valence-corrected chi connectivity index (χ3v) is 4.16. The van der Waals surface area contributed by atoms with E-state index in [1.165, 1.54) is 4.90 Å². The first-order chi connectivity index (χ1) is 12.6. The molecule has 1 fully saturated rings. The number of hydrogen-bond acceptors (Lipinski definition) is 5. The second kappa shape index (κ2) is 7.88. The number of amides is 1. The van der Waals surface area contributed by atoms with E-state index >= 15 is 0 Å². The molecule has 3 rings (SSSR count). The van der Waals surface area contributed by atoms with Gasteiger partial charge in [0, 0.05) is 12.2 Å². The quantitative estimate of drug-likeness (QED) is 0.855. The average Bonchev–Trinajstić information content (AvgIpc) is 2.68.